The van der Waals surface area contributed by atoms with Gasteiger partial charge in [0.05, 0.1) is 0 Å². The van der Waals surface area contributed by atoms with Crippen LogP contribution in [0.4, 0.5) is 0 Å². The summed E-state index contributed by atoms with van der Waals surface area (Å²) in [5.74, 6) is 0.725. The number of carbonyl (C=O) groups is 1. The van der Waals surface area contributed by atoms with Gasteiger partial charge in [0.15, 0.2) is 0 Å². The van der Waals surface area contributed by atoms with Crippen molar-refractivity contribution in [3.05, 3.63) is 35.4 Å². The van der Waals surface area contributed by atoms with Crippen molar-refractivity contribution in [2.24, 2.45) is 5.73 Å². The first-order chi connectivity index (χ1) is 10.7. The lowest BCUT2D eigenvalue weighted by molar-refractivity contribution is -0.121. The number of hydrogen-bond donors (Lipinski definition) is 2. The zero-order chi connectivity index (χ0) is 15.4. The van der Waals surface area contributed by atoms with Gasteiger partial charge in [-0.2, -0.15) is 0 Å². The van der Waals surface area contributed by atoms with E-state index in [4.69, 9.17) is 5.73 Å². The smallest absolute Gasteiger partial charge is 0.220 e. The average molecular weight is 300 g/mol. The summed E-state index contributed by atoms with van der Waals surface area (Å²) in [7, 11) is 0. The summed E-state index contributed by atoms with van der Waals surface area (Å²) in [5, 5.41) is 3.08. The van der Waals surface area contributed by atoms with Gasteiger partial charge in [-0.15, -0.1) is 0 Å². The maximum Gasteiger partial charge on any atom is 0.220 e. The van der Waals surface area contributed by atoms with Crippen molar-refractivity contribution in [3.63, 3.8) is 0 Å². The van der Waals surface area contributed by atoms with Crippen molar-refractivity contribution >= 4 is 5.91 Å². The minimum atomic E-state index is -0.159. The van der Waals surface area contributed by atoms with E-state index in [1.165, 1.54) is 36.8 Å². The van der Waals surface area contributed by atoms with Crippen LogP contribution in [0.2, 0.25) is 0 Å². The van der Waals surface area contributed by atoms with E-state index >= 15 is 0 Å². The number of amides is 1. The molecular formula is C19H28N2O. The molecule has 0 saturated heterocycles. The molecule has 120 valence electrons. The third kappa shape index (κ3) is 3.70. The van der Waals surface area contributed by atoms with E-state index in [9.17, 15) is 4.79 Å². The fourth-order valence-corrected chi connectivity index (χ4v) is 4.05. The van der Waals surface area contributed by atoms with Crippen LogP contribution in [0.25, 0.3) is 0 Å². The van der Waals surface area contributed by atoms with E-state index < -0.39 is 0 Å². The molecule has 0 aliphatic heterocycles. The number of carbonyl (C=O) groups excluding carboxylic acids is 1. The number of nitrogens with two attached hydrogens (primary N) is 1. The number of hydrogen-bond acceptors (Lipinski definition) is 2. The van der Waals surface area contributed by atoms with Gasteiger partial charge in [-0.05, 0) is 49.1 Å². The predicted molar refractivity (Wildman–Crippen MR) is 89.8 cm³/mol. The Hall–Kier alpha value is -1.35. The molecule has 1 aromatic carbocycles. The molecule has 0 heterocycles. The highest BCUT2D eigenvalue weighted by Crippen LogP contribution is 2.35. The van der Waals surface area contributed by atoms with Crippen molar-refractivity contribution in [3.8, 4) is 0 Å². The van der Waals surface area contributed by atoms with Crippen LogP contribution in [0.1, 0.15) is 68.4 Å². The normalized spacial score (nSPS) is 23.0. The standard InChI is InChI=1S/C19H28N2O/c20-19(12-4-1-5-13-19)14-21-18(22)11-10-16-9-8-15-6-2-3-7-17(15)16/h2-3,6-7,16H,1,4-5,8-14,20H2,(H,21,22). The second-order valence-corrected chi connectivity index (χ2v) is 7.17. The first-order valence-corrected chi connectivity index (χ1v) is 8.80. The highest BCUT2D eigenvalue weighted by atomic mass is 16.1. The summed E-state index contributed by atoms with van der Waals surface area (Å²) in [4.78, 5) is 12.1. The zero-order valence-electron chi connectivity index (χ0n) is 13.4. The highest BCUT2D eigenvalue weighted by Gasteiger charge is 2.28. The lowest BCUT2D eigenvalue weighted by atomic mass is 9.82. The molecule has 0 radical (unpaired) electrons. The van der Waals surface area contributed by atoms with Crippen LogP contribution in [0.15, 0.2) is 24.3 Å². The quantitative estimate of drug-likeness (QED) is 0.877. The van der Waals surface area contributed by atoms with Gasteiger partial charge in [0, 0.05) is 18.5 Å². The maximum absolute atomic E-state index is 12.1. The number of rotatable bonds is 5. The van der Waals surface area contributed by atoms with Crippen LogP contribution in [-0.2, 0) is 11.2 Å². The summed E-state index contributed by atoms with van der Waals surface area (Å²) < 4.78 is 0. The molecule has 3 nitrogen and oxygen atoms in total. The van der Waals surface area contributed by atoms with E-state index in [1.807, 2.05) is 0 Å². The SMILES string of the molecule is NC1(CNC(=O)CCC2CCc3ccccc32)CCCCC1. The molecule has 2 aliphatic rings. The minimum Gasteiger partial charge on any atom is -0.354 e. The Bertz CT molecular complexity index is 520. The van der Waals surface area contributed by atoms with Gasteiger partial charge in [0.2, 0.25) is 5.91 Å². The zero-order valence-corrected chi connectivity index (χ0v) is 13.4. The topological polar surface area (TPSA) is 55.1 Å². The summed E-state index contributed by atoms with van der Waals surface area (Å²) in [5.41, 5.74) is 9.14. The van der Waals surface area contributed by atoms with Crippen molar-refractivity contribution in [2.45, 2.75) is 69.2 Å². The summed E-state index contributed by atoms with van der Waals surface area (Å²) in [6.45, 7) is 0.646. The van der Waals surface area contributed by atoms with Crippen molar-refractivity contribution in [1.29, 1.82) is 0 Å². The fourth-order valence-electron chi connectivity index (χ4n) is 4.05. The van der Waals surface area contributed by atoms with Crippen molar-refractivity contribution < 1.29 is 4.79 Å². The van der Waals surface area contributed by atoms with Crippen LogP contribution in [-0.4, -0.2) is 18.0 Å². The third-order valence-electron chi connectivity index (χ3n) is 5.46. The molecule has 0 bridgehead atoms. The monoisotopic (exact) mass is 300 g/mol. The molecule has 1 fully saturated rings. The molecule has 22 heavy (non-hydrogen) atoms. The second kappa shape index (κ2) is 6.82. The van der Waals surface area contributed by atoms with E-state index in [0.29, 0.717) is 18.9 Å². The molecule has 1 amide bonds. The Balaban J connectivity index is 1.43. The maximum atomic E-state index is 12.1. The van der Waals surface area contributed by atoms with Crippen LogP contribution in [0, 0.1) is 0 Å². The number of nitrogens with one attached hydrogen (secondary N) is 1. The Morgan fingerprint density at radius 1 is 1.23 bits per heavy atom. The summed E-state index contributed by atoms with van der Waals surface area (Å²) in [6.07, 6.45) is 9.70. The molecule has 3 heteroatoms. The third-order valence-corrected chi connectivity index (χ3v) is 5.46. The van der Waals surface area contributed by atoms with Gasteiger partial charge in [-0.1, -0.05) is 43.5 Å². The Labute approximate surface area is 133 Å². The Morgan fingerprint density at radius 3 is 2.82 bits per heavy atom. The van der Waals surface area contributed by atoms with Crippen LogP contribution >= 0.6 is 0 Å². The van der Waals surface area contributed by atoms with Gasteiger partial charge >= 0.3 is 0 Å². The second-order valence-electron chi connectivity index (χ2n) is 7.17. The molecule has 2 aliphatic carbocycles. The molecule has 3 rings (SSSR count). The Morgan fingerprint density at radius 2 is 2.00 bits per heavy atom. The molecule has 1 unspecified atom stereocenters. The van der Waals surface area contributed by atoms with Crippen LogP contribution in [0.5, 0.6) is 0 Å². The van der Waals surface area contributed by atoms with Gasteiger partial charge in [0.25, 0.3) is 0 Å². The number of benzene rings is 1. The van der Waals surface area contributed by atoms with Gasteiger partial charge in [0.1, 0.15) is 0 Å². The largest absolute Gasteiger partial charge is 0.354 e. The molecule has 3 N–H and O–H groups in total. The first kappa shape index (κ1) is 15.5. The van der Waals surface area contributed by atoms with E-state index in [2.05, 4.69) is 29.6 Å². The number of fused-ring (bicyclic) bond motifs is 1. The highest BCUT2D eigenvalue weighted by molar-refractivity contribution is 5.76. The Kier molecular flexibility index (Phi) is 4.82. The molecule has 1 saturated carbocycles. The summed E-state index contributed by atoms with van der Waals surface area (Å²) in [6, 6.07) is 8.66. The van der Waals surface area contributed by atoms with E-state index in [-0.39, 0.29) is 11.4 Å². The van der Waals surface area contributed by atoms with Crippen LogP contribution in [0.3, 0.4) is 0 Å². The van der Waals surface area contributed by atoms with E-state index in [1.54, 1.807) is 0 Å². The van der Waals surface area contributed by atoms with Crippen molar-refractivity contribution in [1.82, 2.24) is 5.32 Å². The molecule has 1 atom stereocenters. The molecule has 0 spiro atoms. The fraction of sp³-hybridized carbons (Fsp3) is 0.632. The molecule has 1 aromatic rings. The first-order valence-electron chi connectivity index (χ1n) is 8.80. The lowest BCUT2D eigenvalue weighted by Crippen LogP contribution is -2.51. The van der Waals surface area contributed by atoms with E-state index in [0.717, 1.165) is 25.7 Å². The van der Waals surface area contributed by atoms with Gasteiger partial charge < -0.3 is 11.1 Å². The summed E-state index contributed by atoms with van der Waals surface area (Å²) >= 11 is 0. The van der Waals surface area contributed by atoms with Gasteiger partial charge in [-0.25, -0.2) is 0 Å². The van der Waals surface area contributed by atoms with Gasteiger partial charge in [-0.3, -0.25) is 4.79 Å². The lowest BCUT2D eigenvalue weighted by Gasteiger charge is -2.33. The van der Waals surface area contributed by atoms with Crippen LogP contribution < -0.4 is 11.1 Å². The number of aryl methyl sites for hydroxylation is 1. The molecular weight excluding hydrogens is 272 g/mol. The molecule has 0 aromatic heterocycles. The van der Waals surface area contributed by atoms with Crippen molar-refractivity contribution in [2.75, 3.05) is 6.54 Å². The average Bonchev–Trinajstić information content (AvgIpc) is 2.95. The predicted octanol–water partition coefficient (Wildman–Crippen LogP) is 3.27. The minimum absolute atomic E-state index is 0.159.